The van der Waals surface area contributed by atoms with Crippen LogP contribution in [0, 0.1) is 0 Å². The van der Waals surface area contributed by atoms with E-state index in [4.69, 9.17) is 9.72 Å². The van der Waals surface area contributed by atoms with Gasteiger partial charge in [0, 0.05) is 36.5 Å². The SMILES string of the molecule is COC(=O)c1ccc(-c2cc(-c3c(-c4ccn[nH]4)nc4n3CCC4)ccn2)cc1. The molecule has 4 aromatic rings. The number of pyridine rings is 1. The van der Waals surface area contributed by atoms with E-state index in [0.29, 0.717) is 5.56 Å². The first-order chi connectivity index (χ1) is 14.2. The highest BCUT2D eigenvalue weighted by Gasteiger charge is 2.24. The van der Waals surface area contributed by atoms with Crippen LogP contribution in [0.25, 0.3) is 33.9 Å². The molecule has 0 fully saturated rings. The van der Waals surface area contributed by atoms with Crippen LogP contribution in [-0.2, 0) is 17.7 Å². The van der Waals surface area contributed by atoms with E-state index in [1.807, 2.05) is 30.5 Å². The number of methoxy groups -OCH3 is 1. The molecular formula is C22H19N5O2. The fourth-order valence-corrected chi connectivity index (χ4v) is 3.82. The maximum Gasteiger partial charge on any atom is 0.337 e. The van der Waals surface area contributed by atoms with Crippen LogP contribution in [0.2, 0.25) is 0 Å². The van der Waals surface area contributed by atoms with Crippen molar-refractivity contribution in [3.8, 4) is 33.9 Å². The average molecular weight is 385 g/mol. The molecule has 0 radical (unpaired) electrons. The molecule has 29 heavy (non-hydrogen) atoms. The number of hydrogen-bond donors (Lipinski definition) is 1. The number of imidazole rings is 1. The van der Waals surface area contributed by atoms with E-state index in [9.17, 15) is 4.79 Å². The fourth-order valence-electron chi connectivity index (χ4n) is 3.82. The Balaban J connectivity index is 1.58. The first kappa shape index (κ1) is 17.4. The number of benzene rings is 1. The molecule has 7 nitrogen and oxygen atoms in total. The molecule has 0 saturated heterocycles. The van der Waals surface area contributed by atoms with Gasteiger partial charge >= 0.3 is 5.97 Å². The van der Waals surface area contributed by atoms with E-state index in [-0.39, 0.29) is 5.97 Å². The number of H-pyrrole nitrogens is 1. The van der Waals surface area contributed by atoms with Crippen LogP contribution in [0.15, 0.2) is 54.9 Å². The van der Waals surface area contributed by atoms with Crippen molar-refractivity contribution in [3.05, 3.63) is 66.2 Å². The molecule has 4 heterocycles. The number of esters is 1. The molecule has 1 aromatic carbocycles. The van der Waals surface area contributed by atoms with Gasteiger partial charge in [0.15, 0.2) is 0 Å². The Morgan fingerprint density at radius 1 is 1.10 bits per heavy atom. The van der Waals surface area contributed by atoms with Crippen molar-refractivity contribution in [2.75, 3.05) is 7.11 Å². The van der Waals surface area contributed by atoms with E-state index in [1.54, 1.807) is 18.3 Å². The largest absolute Gasteiger partial charge is 0.465 e. The summed E-state index contributed by atoms with van der Waals surface area (Å²) in [5, 5.41) is 7.12. The number of aromatic nitrogens is 5. The maximum absolute atomic E-state index is 11.7. The lowest BCUT2D eigenvalue weighted by Crippen LogP contribution is -2.00. The van der Waals surface area contributed by atoms with Gasteiger partial charge in [0.2, 0.25) is 0 Å². The fraction of sp³-hybridized carbons (Fsp3) is 0.182. The summed E-state index contributed by atoms with van der Waals surface area (Å²) in [6.07, 6.45) is 5.63. The average Bonchev–Trinajstić information content (AvgIpc) is 3.50. The Bertz CT molecular complexity index is 1180. The van der Waals surface area contributed by atoms with E-state index in [0.717, 1.165) is 59.1 Å². The van der Waals surface area contributed by atoms with Crippen LogP contribution in [0.5, 0.6) is 0 Å². The molecule has 7 heteroatoms. The first-order valence-corrected chi connectivity index (χ1v) is 9.49. The van der Waals surface area contributed by atoms with Crippen LogP contribution < -0.4 is 0 Å². The third-order valence-corrected chi connectivity index (χ3v) is 5.22. The number of nitrogens with one attached hydrogen (secondary N) is 1. The predicted octanol–water partition coefficient (Wildman–Crippen LogP) is 3.74. The minimum Gasteiger partial charge on any atom is -0.465 e. The molecule has 0 aliphatic carbocycles. The Labute approximate surface area is 167 Å². The Morgan fingerprint density at radius 3 is 2.72 bits per heavy atom. The summed E-state index contributed by atoms with van der Waals surface area (Å²) < 4.78 is 7.06. The second-order valence-electron chi connectivity index (χ2n) is 6.95. The Kier molecular flexibility index (Phi) is 4.20. The van der Waals surface area contributed by atoms with Gasteiger partial charge in [-0.2, -0.15) is 5.10 Å². The van der Waals surface area contributed by atoms with Gasteiger partial charge in [-0.15, -0.1) is 0 Å². The van der Waals surface area contributed by atoms with Gasteiger partial charge in [-0.05, 0) is 36.8 Å². The lowest BCUT2D eigenvalue weighted by atomic mass is 10.0. The highest BCUT2D eigenvalue weighted by molar-refractivity contribution is 5.90. The van der Waals surface area contributed by atoms with E-state index in [1.165, 1.54) is 7.11 Å². The van der Waals surface area contributed by atoms with Gasteiger partial charge in [0.25, 0.3) is 0 Å². The van der Waals surface area contributed by atoms with Gasteiger partial charge in [0.1, 0.15) is 11.5 Å². The van der Waals surface area contributed by atoms with E-state index < -0.39 is 0 Å². The zero-order valence-corrected chi connectivity index (χ0v) is 15.9. The van der Waals surface area contributed by atoms with Crippen molar-refractivity contribution >= 4 is 5.97 Å². The normalized spacial score (nSPS) is 12.7. The second kappa shape index (κ2) is 7.01. The van der Waals surface area contributed by atoms with Gasteiger partial charge in [-0.25, -0.2) is 9.78 Å². The number of aryl methyl sites for hydroxylation is 1. The highest BCUT2D eigenvalue weighted by atomic mass is 16.5. The standard InChI is InChI=1S/C22H19N5O2/c1-29-22(28)15-6-4-14(5-7-15)18-13-16(8-10-23-18)21-20(17-9-11-24-26-17)25-19-3-2-12-27(19)21/h4-11,13H,2-3,12H2,1H3,(H,24,26). The quantitative estimate of drug-likeness (QED) is 0.541. The van der Waals surface area contributed by atoms with Crippen molar-refractivity contribution in [1.29, 1.82) is 0 Å². The minimum atomic E-state index is -0.350. The molecule has 0 spiro atoms. The minimum absolute atomic E-state index is 0.350. The summed E-state index contributed by atoms with van der Waals surface area (Å²) in [4.78, 5) is 21.1. The van der Waals surface area contributed by atoms with Crippen molar-refractivity contribution in [1.82, 2.24) is 24.7 Å². The number of carbonyl (C=O) groups excluding carboxylic acids is 1. The lowest BCUT2D eigenvalue weighted by molar-refractivity contribution is 0.0601. The van der Waals surface area contributed by atoms with Crippen LogP contribution in [0.4, 0.5) is 0 Å². The summed E-state index contributed by atoms with van der Waals surface area (Å²) in [6.45, 7) is 0.956. The lowest BCUT2D eigenvalue weighted by Gasteiger charge is -2.10. The topological polar surface area (TPSA) is 85.7 Å². The first-order valence-electron chi connectivity index (χ1n) is 9.49. The van der Waals surface area contributed by atoms with Crippen molar-refractivity contribution in [2.45, 2.75) is 19.4 Å². The molecule has 1 aliphatic rings. The molecule has 0 amide bonds. The molecule has 3 aromatic heterocycles. The molecule has 5 rings (SSSR count). The number of fused-ring (bicyclic) bond motifs is 1. The van der Waals surface area contributed by atoms with Crippen molar-refractivity contribution in [3.63, 3.8) is 0 Å². The van der Waals surface area contributed by atoms with E-state index >= 15 is 0 Å². The molecule has 144 valence electrons. The molecule has 0 saturated carbocycles. The number of hydrogen-bond acceptors (Lipinski definition) is 5. The zero-order chi connectivity index (χ0) is 19.8. The molecule has 0 atom stereocenters. The van der Waals surface area contributed by atoms with Gasteiger partial charge < -0.3 is 9.30 Å². The van der Waals surface area contributed by atoms with E-state index in [2.05, 4.69) is 25.8 Å². The zero-order valence-electron chi connectivity index (χ0n) is 15.9. The molecular weight excluding hydrogens is 366 g/mol. The van der Waals surface area contributed by atoms with Crippen molar-refractivity contribution < 1.29 is 9.53 Å². The van der Waals surface area contributed by atoms with Crippen LogP contribution in [0.1, 0.15) is 22.6 Å². The summed E-state index contributed by atoms with van der Waals surface area (Å²) in [7, 11) is 1.38. The smallest absolute Gasteiger partial charge is 0.337 e. The van der Waals surface area contributed by atoms with Gasteiger partial charge in [-0.1, -0.05) is 12.1 Å². The number of rotatable bonds is 4. The summed E-state index contributed by atoms with van der Waals surface area (Å²) in [5.74, 6) is 0.752. The maximum atomic E-state index is 11.7. The number of nitrogens with zero attached hydrogens (tertiary/aromatic N) is 4. The molecule has 0 bridgehead atoms. The van der Waals surface area contributed by atoms with Gasteiger partial charge in [0.05, 0.1) is 29.8 Å². The van der Waals surface area contributed by atoms with Crippen LogP contribution >= 0.6 is 0 Å². The Hall–Kier alpha value is -3.74. The number of ether oxygens (including phenoxy) is 1. The summed E-state index contributed by atoms with van der Waals surface area (Å²) in [5.41, 5.74) is 6.24. The second-order valence-corrected chi connectivity index (χ2v) is 6.95. The Morgan fingerprint density at radius 2 is 1.97 bits per heavy atom. The third kappa shape index (κ3) is 3.00. The molecule has 1 N–H and O–H groups in total. The molecule has 0 unspecified atom stereocenters. The van der Waals surface area contributed by atoms with Crippen LogP contribution in [0.3, 0.4) is 0 Å². The summed E-state index contributed by atoms with van der Waals surface area (Å²) >= 11 is 0. The molecule has 1 aliphatic heterocycles. The monoisotopic (exact) mass is 385 g/mol. The van der Waals surface area contributed by atoms with Gasteiger partial charge in [-0.3, -0.25) is 10.1 Å². The van der Waals surface area contributed by atoms with Crippen LogP contribution in [-0.4, -0.2) is 37.8 Å². The summed E-state index contributed by atoms with van der Waals surface area (Å²) in [6, 6.07) is 13.3. The number of carbonyl (C=O) groups is 1. The predicted molar refractivity (Wildman–Crippen MR) is 108 cm³/mol. The number of aromatic amines is 1. The third-order valence-electron chi connectivity index (χ3n) is 5.22. The highest BCUT2D eigenvalue weighted by Crippen LogP contribution is 2.35. The van der Waals surface area contributed by atoms with Crippen molar-refractivity contribution in [2.24, 2.45) is 0 Å².